The fraction of sp³-hybridized carbons (Fsp3) is 0.333. The van der Waals surface area contributed by atoms with E-state index >= 15 is 0 Å². The third-order valence-corrected chi connectivity index (χ3v) is 8.03. The Bertz CT molecular complexity index is 1330. The minimum atomic E-state index is -0.490. The third-order valence-electron chi connectivity index (χ3n) is 6.40. The quantitative estimate of drug-likeness (QED) is 0.280. The molecule has 1 fully saturated rings. The standard InChI is InChI=1S/C27H26Cl2N4O4S/c1-35-18-8-5-9-19(15-18)36-10-11-37-23-21(28)13-16(14-22(23)29)12-20-24(30)33-27(31-25(20)34)38-26(32-33)17-6-3-2-4-7-17/h5,8-9,12-15,17,30H,2-4,6-7,10-11H2,1H3/b20-12-,30-24?. The molecule has 0 radical (unpaired) electrons. The zero-order valence-corrected chi connectivity index (χ0v) is 23.0. The van der Waals surface area contributed by atoms with Gasteiger partial charge in [-0.3, -0.25) is 10.2 Å². The summed E-state index contributed by atoms with van der Waals surface area (Å²) in [7, 11) is 1.59. The third kappa shape index (κ3) is 5.85. The van der Waals surface area contributed by atoms with E-state index in [1.165, 1.54) is 36.0 Å². The highest BCUT2D eigenvalue weighted by molar-refractivity contribution is 8.27. The van der Waals surface area contributed by atoms with Gasteiger partial charge in [-0.15, -0.1) is 0 Å². The van der Waals surface area contributed by atoms with Crippen LogP contribution >= 0.6 is 35.0 Å². The van der Waals surface area contributed by atoms with Crippen LogP contribution in [0.2, 0.25) is 10.0 Å². The number of hydrogen-bond acceptors (Lipinski definition) is 7. The van der Waals surface area contributed by atoms with E-state index < -0.39 is 5.91 Å². The van der Waals surface area contributed by atoms with Gasteiger partial charge in [-0.2, -0.15) is 15.1 Å². The highest BCUT2D eigenvalue weighted by atomic mass is 35.5. The van der Waals surface area contributed by atoms with Crippen LogP contribution in [0.5, 0.6) is 17.2 Å². The Morgan fingerprint density at radius 1 is 1.08 bits per heavy atom. The molecule has 38 heavy (non-hydrogen) atoms. The average molecular weight is 574 g/mol. The largest absolute Gasteiger partial charge is 0.497 e. The van der Waals surface area contributed by atoms with Crippen molar-refractivity contribution < 1.29 is 19.0 Å². The first-order valence-corrected chi connectivity index (χ1v) is 13.9. The van der Waals surface area contributed by atoms with Crippen LogP contribution in [-0.4, -0.2) is 47.3 Å². The van der Waals surface area contributed by atoms with E-state index in [4.69, 9.17) is 42.8 Å². The van der Waals surface area contributed by atoms with Crippen molar-refractivity contribution in [3.8, 4) is 17.2 Å². The normalized spacial score (nSPS) is 18.8. The number of nitrogens with one attached hydrogen (secondary N) is 1. The zero-order valence-electron chi connectivity index (χ0n) is 20.7. The van der Waals surface area contributed by atoms with E-state index in [1.54, 1.807) is 31.4 Å². The smallest absolute Gasteiger partial charge is 0.283 e. The molecule has 11 heteroatoms. The van der Waals surface area contributed by atoms with Gasteiger partial charge in [0.2, 0.25) is 5.17 Å². The molecule has 2 aromatic rings. The molecule has 8 nitrogen and oxygen atoms in total. The number of ether oxygens (including phenoxy) is 3. The number of hydrazone groups is 1. The first kappa shape index (κ1) is 26.6. The van der Waals surface area contributed by atoms with Crippen LogP contribution in [0.1, 0.15) is 37.7 Å². The Balaban J connectivity index is 1.26. The lowest BCUT2D eigenvalue weighted by atomic mass is 9.90. The highest BCUT2D eigenvalue weighted by Crippen LogP contribution is 2.38. The maximum atomic E-state index is 12.8. The molecule has 0 unspecified atom stereocenters. The number of rotatable bonds is 8. The van der Waals surface area contributed by atoms with Crippen molar-refractivity contribution in [1.82, 2.24) is 5.01 Å². The number of fused-ring (bicyclic) bond motifs is 1. The minimum Gasteiger partial charge on any atom is -0.497 e. The lowest BCUT2D eigenvalue weighted by Crippen LogP contribution is -2.35. The van der Waals surface area contributed by atoms with Crippen molar-refractivity contribution in [1.29, 1.82) is 5.41 Å². The Morgan fingerprint density at radius 3 is 2.53 bits per heavy atom. The Morgan fingerprint density at radius 2 is 1.79 bits per heavy atom. The van der Waals surface area contributed by atoms with E-state index in [0.29, 0.717) is 33.9 Å². The molecule has 2 aromatic carbocycles. The van der Waals surface area contributed by atoms with Gasteiger partial charge in [-0.05, 0) is 60.5 Å². The van der Waals surface area contributed by atoms with Gasteiger partial charge >= 0.3 is 0 Å². The minimum absolute atomic E-state index is 0.0134. The molecule has 1 N–H and O–H groups in total. The van der Waals surface area contributed by atoms with Gasteiger partial charge in [0.15, 0.2) is 11.6 Å². The van der Waals surface area contributed by atoms with Crippen molar-refractivity contribution in [3.05, 3.63) is 57.6 Å². The molecule has 5 rings (SSSR count). The summed E-state index contributed by atoms with van der Waals surface area (Å²) in [6, 6.07) is 10.5. The number of methoxy groups -OCH3 is 1. The van der Waals surface area contributed by atoms with E-state index in [2.05, 4.69) is 10.1 Å². The van der Waals surface area contributed by atoms with Crippen molar-refractivity contribution in [2.75, 3.05) is 20.3 Å². The number of hydrogen-bond donors (Lipinski definition) is 1. The van der Waals surface area contributed by atoms with Gasteiger partial charge in [0.1, 0.15) is 29.8 Å². The molecule has 1 amide bonds. The average Bonchev–Trinajstić information content (AvgIpc) is 3.35. The van der Waals surface area contributed by atoms with E-state index in [-0.39, 0.29) is 34.7 Å². The summed E-state index contributed by atoms with van der Waals surface area (Å²) in [6.07, 6.45) is 7.30. The van der Waals surface area contributed by atoms with Gasteiger partial charge in [0.25, 0.3) is 5.91 Å². The molecule has 2 heterocycles. The van der Waals surface area contributed by atoms with Gasteiger partial charge in [-0.25, -0.2) is 0 Å². The molecule has 0 spiro atoms. The number of benzene rings is 2. The predicted molar refractivity (Wildman–Crippen MR) is 152 cm³/mol. The van der Waals surface area contributed by atoms with Crippen LogP contribution in [0.3, 0.4) is 0 Å². The van der Waals surface area contributed by atoms with E-state index in [1.807, 2.05) is 18.2 Å². The fourth-order valence-corrected chi connectivity index (χ4v) is 6.16. The SMILES string of the molecule is COc1cccc(OCCOc2c(Cl)cc(/C=C3/C(=N)N4N=C(C5CCCCC5)SC4=NC3=O)cc2Cl)c1. The fourth-order valence-electron chi connectivity index (χ4n) is 4.48. The van der Waals surface area contributed by atoms with Crippen LogP contribution in [0, 0.1) is 11.3 Å². The first-order valence-electron chi connectivity index (χ1n) is 12.3. The Labute approximate surface area is 235 Å². The van der Waals surface area contributed by atoms with Crippen molar-refractivity contribution in [2.24, 2.45) is 16.0 Å². The van der Waals surface area contributed by atoms with Gasteiger partial charge in [-0.1, -0.05) is 48.5 Å². The molecule has 0 saturated heterocycles. The lowest BCUT2D eigenvalue weighted by molar-refractivity contribution is -0.114. The van der Waals surface area contributed by atoms with Crippen molar-refractivity contribution in [3.63, 3.8) is 0 Å². The maximum absolute atomic E-state index is 12.8. The maximum Gasteiger partial charge on any atom is 0.283 e. The Kier molecular flexibility index (Phi) is 8.26. The number of carbonyl (C=O) groups excluding carboxylic acids is 1. The molecule has 0 atom stereocenters. The zero-order chi connectivity index (χ0) is 26.6. The lowest BCUT2D eigenvalue weighted by Gasteiger charge is -2.20. The second kappa shape index (κ2) is 11.8. The number of halogens is 2. The molecule has 3 aliphatic rings. The number of amides is 1. The van der Waals surface area contributed by atoms with Gasteiger partial charge in [0, 0.05) is 12.0 Å². The van der Waals surface area contributed by atoms with Crippen LogP contribution in [0.4, 0.5) is 0 Å². The monoisotopic (exact) mass is 572 g/mol. The first-order chi connectivity index (χ1) is 18.4. The number of nitrogens with zero attached hydrogens (tertiary/aromatic N) is 3. The molecule has 0 bridgehead atoms. The van der Waals surface area contributed by atoms with Crippen LogP contribution < -0.4 is 14.2 Å². The molecule has 0 aromatic heterocycles. The highest BCUT2D eigenvalue weighted by Gasteiger charge is 2.38. The van der Waals surface area contributed by atoms with Crippen LogP contribution in [0.25, 0.3) is 6.08 Å². The summed E-state index contributed by atoms with van der Waals surface area (Å²) >= 11 is 14.3. The summed E-state index contributed by atoms with van der Waals surface area (Å²) in [5.74, 6) is 1.53. The van der Waals surface area contributed by atoms with E-state index in [0.717, 1.165) is 17.9 Å². The van der Waals surface area contributed by atoms with Crippen molar-refractivity contribution in [2.45, 2.75) is 32.1 Å². The van der Waals surface area contributed by atoms with E-state index in [9.17, 15) is 4.79 Å². The predicted octanol–water partition coefficient (Wildman–Crippen LogP) is 6.66. The summed E-state index contributed by atoms with van der Waals surface area (Å²) in [5.41, 5.74) is 0.672. The summed E-state index contributed by atoms with van der Waals surface area (Å²) in [6.45, 7) is 0.487. The molecule has 198 valence electrons. The van der Waals surface area contributed by atoms with Gasteiger partial charge in [0.05, 0.1) is 22.7 Å². The Hall–Kier alpha value is -3.01. The number of carbonyl (C=O) groups is 1. The molecular weight excluding hydrogens is 547 g/mol. The summed E-state index contributed by atoms with van der Waals surface area (Å²) in [5, 5.41) is 16.7. The summed E-state index contributed by atoms with van der Waals surface area (Å²) < 4.78 is 16.6. The second-order valence-corrected chi connectivity index (χ2v) is 10.8. The molecule has 1 saturated carbocycles. The summed E-state index contributed by atoms with van der Waals surface area (Å²) in [4.78, 5) is 17.0. The van der Waals surface area contributed by atoms with Gasteiger partial charge < -0.3 is 14.2 Å². The van der Waals surface area contributed by atoms with Crippen molar-refractivity contribution >= 4 is 63.0 Å². The number of aliphatic imine (C=N–C) groups is 1. The van der Waals surface area contributed by atoms with Crippen LogP contribution in [0.15, 0.2) is 52.1 Å². The molecule has 2 aliphatic heterocycles. The second-order valence-electron chi connectivity index (χ2n) is 8.98. The molecule has 1 aliphatic carbocycles. The van der Waals surface area contributed by atoms with Crippen LogP contribution in [-0.2, 0) is 4.79 Å². The number of amidine groups is 2. The number of thioether (sulfide) groups is 1. The molecular formula is C27H26Cl2N4O4S. The topological polar surface area (TPSA) is 96.6 Å².